The summed E-state index contributed by atoms with van der Waals surface area (Å²) in [6.45, 7) is 5.41. The van der Waals surface area contributed by atoms with Gasteiger partial charge in [0.1, 0.15) is 12.1 Å². The largest absolute Gasteiger partial charge is 0.464 e. The fraction of sp³-hybridized carbons (Fsp3) is 0.545. The van der Waals surface area contributed by atoms with Gasteiger partial charge in [-0.05, 0) is 32.4 Å². The third kappa shape index (κ3) is 2.64. The average molecular weight is 300 g/mol. The van der Waals surface area contributed by atoms with Crippen molar-refractivity contribution in [3.05, 3.63) is 5.28 Å². The lowest BCUT2D eigenvalue weighted by atomic mass is 9.99. The highest BCUT2D eigenvalue weighted by molar-refractivity contribution is 6.28. The third-order valence-electron chi connectivity index (χ3n) is 2.88. The lowest BCUT2D eigenvalue weighted by molar-refractivity contribution is -0.135. The topological polar surface area (TPSA) is 97.3 Å². The van der Waals surface area contributed by atoms with E-state index in [4.69, 9.17) is 16.3 Å². The van der Waals surface area contributed by atoms with E-state index in [0.717, 1.165) is 0 Å². The number of ether oxygens (including phenoxy) is 1. The van der Waals surface area contributed by atoms with Crippen molar-refractivity contribution < 1.29 is 14.3 Å². The average Bonchev–Trinajstić information content (AvgIpc) is 2.33. The smallest absolute Gasteiger partial charge is 0.322 e. The maximum atomic E-state index is 11.9. The molecule has 108 valence electrons. The molecule has 1 N–H and O–H groups in total. The molecule has 1 fully saturated rings. The Kier molecular flexibility index (Phi) is 3.76. The summed E-state index contributed by atoms with van der Waals surface area (Å²) in [4.78, 5) is 36.7. The maximum absolute atomic E-state index is 11.9. The molecule has 20 heavy (non-hydrogen) atoms. The molecule has 0 atom stereocenters. The molecule has 2 amide bonds. The number of imide groups is 1. The molecule has 0 radical (unpaired) electrons. The van der Waals surface area contributed by atoms with Crippen LogP contribution in [0, 0.1) is 0 Å². The van der Waals surface area contributed by atoms with E-state index >= 15 is 0 Å². The van der Waals surface area contributed by atoms with Crippen molar-refractivity contribution in [2.45, 2.75) is 26.3 Å². The van der Waals surface area contributed by atoms with E-state index in [1.165, 1.54) is 4.90 Å². The van der Waals surface area contributed by atoms with E-state index < -0.39 is 17.4 Å². The summed E-state index contributed by atoms with van der Waals surface area (Å²) in [5, 5.41) is 2.21. The summed E-state index contributed by atoms with van der Waals surface area (Å²) in [7, 11) is 0. The Labute approximate surface area is 120 Å². The Morgan fingerprint density at radius 2 is 2.05 bits per heavy atom. The van der Waals surface area contributed by atoms with E-state index in [-0.39, 0.29) is 23.8 Å². The molecule has 0 aromatic carbocycles. The minimum atomic E-state index is -0.984. The molecule has 0 spiro atoms. The van der Waals surface area contributed by atoms with Crippen LogP contribution in [0.2, 0.25) is 5.28 Å². The molecule has 1 saturated heterocycles. The van der Waals surface area contributed by atoms with Crippen LogP contribution in [0.1, 0.15) is 20.8 Å². The zero-order valence-corrected chi connectivity index (χ0v) is 12.1. The van der Waals surface area contributed by atoms with Gasteiger partial charge in [-0.15, -0.1) is 0 Å². The van der Waals surface area contributed by atoms with Gasteiger partial charge < -0.3 is 9.64 Å². The first-order valence-corrected chi connectivity index (χ1v) is 6.38. The van der Waals surface area contributed by atoms with E-state index in [0.29, 0.717) is 6.61 Å². The number of amides is 2. The van der Waals surface area contributed by atoms with Crippen molar-refractivity contribution in [2.75, 3.05) is 18.1 Å². The quantitative estimate of drug-likeness (QED) is 0.794. The molecule has 1 aromatic rings. The van der Waals surface area contributed by atoms with Crippen molar-refractivity contribution in [1.29, 1.82) is 0 Å². The first kappa shape index (κ1) is 14.4. The predicted octanol–water partition coefficient (Wildman–Crippen LogP) is 0.165. The molecule has 0 unspecified atom stereocenters. The van der Waals surface area contributed by atoms with Gasteiger partial charge in [0.05, 0.1) is 6.61 Å². The molecule has 1 aromatic heterocycles. The SMILES string of the molecule is CCOc1nc(Cl)nc(N2CC(=O)NC(=O)C2(C)C)n1. The van der Waals surface area contributed by atoms with Crippen molar-refractivity contribution in [1.82, 2.24) is 20.3 Å². The molecular formula is C11H14ClN5O3. The second-order valence-corrected chi connectivity index (χ2v) is 4.98. The highest BCUT2D eigenvalue weighted by Crippen LogP contribution is 2.25. The molecule has 2 rings (SSSR count). The summed E-state index contributed by atoms with van der Waals surface area (Å²) in [5.41, 5.74) is -0.984. The first-order chi connectivity index (χ1) is 9.34. The summed E-state index contributed by atoms with van der Waals surface area (Å²) in [6.07, 6.45) is 0. The summed E-state index contributed by atoms with van der Waals surface area (Å²) < 4.78 is 5.18. The summed E-state index contributed by atoms with van der Waals surface area (Å²) in [6, 6.07) is 0.0525. The number of hydrogen-bond donors (Lipinski definition) is 1. The van der Waals surface area contributed by atoms with Crippen LogP contribution in [0.25, 0.3) is 0 Å². The van der Waals surface area contributed by atoms with Crippen molar-refractivity contribution in [2.24, 2.45) is 0 Å². The van der Waals surface area contributed by atoms with Crippen molar-refractivity contribution >= 4 is 29.4 Å². The molecule has 2 heterocycles. The number of carbonyl (C=O) groups is 2. The van der Waals surface area contributed by atoms with Gasteiger partial charge in [-0.1, -0.05) is 0 Å². The maximum Gasteiger partial charge on any atom is 0.322 e. The first-order valence-electron chi connectivity index (χ1n) is 6.01. The number of rotatable bonds is 3. The van der Waals surface area contributed by atoms with Gasteiger partial charge in [0.25, 0.3) is 5.91 Å². The standard InChI is InChI=1S/C11H14ClN5O3/c1-4-20-10-15-8(12)14-9(16-10)17-5-6(18)13-7(19)11(17,2)3/h4-5H2,1-3H3,(H,13,18,19). The van der Waals surface area contributed by atoms with Crippen LogP contribution < -0.4 is 15.0 Å². The number of piperazine rings is 1. The van der Waals surface area contributed by atoms with Crippen molar-refractivity contribution in [3.63, 3.8) is 0 Å². The number of aromatic nitrogens is 3. The highest BCUT2D eigenvalue weighted by atomic mass is 35.5. The summed E-state index contributed by atoms with van der Waals surface area (Å²) in [5.74, 6) is -0.728. The zero-order chi connectivity index (χ0) is 14.9. The third-order valence-corrected chi connectivity index (χ3v) is 3.04. The van der Waals surface area contributed by atoms with Crippen LogP contribution in [0.5, 0.6) is 6.01 Å². The van der Waals surface area contributed by atoms with Crippen LogP contribution in [0.4, 0.5) is 5.95 Å². The van der Waals surface area contributed by atoms with Crippen LogP contribution >= 0.6 is 11.6 Å². The number of nitrogens with zero attached hydrogens (tertiary/aromatic N) is 4. The van der Waals surface area contributed by atoms with E-state index in [1.807, 2.05) is 0 Å². The summed E-state index contributed by atoms with van der Waals surface area (Å²) >= 11 is 5.82. The van der Waals surface area contributed by atoms with Gasteiger partial charge in [0, 0.05) is 0 Å². The molecule has 0 bridgehead atoms. The van der Waals surface area contributed by atoms with E-state index in [9.17, 15) is 9.59 Å². The normalized spacial score (nSPS) is 17.9. The monoisotopic (exact) mass is 299 g/mol. The predicted molar refractivity (Wildman–Crippen MR) is 70.6 cm³/mol. The molecule has 1 aliphatic rings. The van der Waals surface area contributed by atoms with Gasteiger partial charge in [-0.3, -0.25) is 14.9 Å². The minimum Gasteiger partial charge on any atom is -0.464 e. The second-order valence-electron chi connectivity index (χ2n) is 4.64. The Hall–Kier alpha value is -1.96. The Balaban J connectivity index is 2.42. The van der Waals surface area contributed by atoms with Gasteiger partial charge >= 0.3 is 6.01 Å². The molecule has 8 nitrogen and oxygen atoms in total. The number of carbonyl (C=O) groups excluding carboxylic acids is 2. The molecule has 1 aliphatic heterocycles. The zero-order valence-electron chi connectivity index (χ0n) is 11.3. The van der Waals surface area contributed by atoms with Gasteiger partial charge in [0.2, 0.25) is 17.1 Å². The number of hydrogen-bond acceptors (Lipinski definition) is 7. The fourth-order valence-corrected chi connectivity index (χ4v) is 1.89. The lowest BCUT2D eigenvalue weighted by Gasteiger charge is -2.39. The molecular weight excluding hydrogens is 286 g/mol. The lowest BCUT2D eigenvalue weighted by Crippen LogP contribution is -2.64. The van der Waals surface area contributed by atoms with Crippen LogP contribution in [-0.2, 0) is 9.59 Å². The second kappa shape index (κ2) is 5.20. The fourth-order valence-electron chi connectivity index (χ4n) is 1.74. The number of anilines is 1. The van der Waals surface area contributed by atoms with Gasteiger partial charge in [0.15, 0.2) is 0 Å². The Morgan fingerprint density at radius 3 is 2.70 bits per heavy atom. The van der Waals surface area contributed by atoms with Crippen molar-refractivity contribution in [3.8, 4) is 6.01 Å². The van der Waals surface area contributed by atoms with E-state index in [1.54, 1.807) is 20.8 Å². The van der Waals surface area contributed by atoms with Gasteiger partial charge in [-0.2, -0.15) is 15.0 Å². The van der Waals surface area contributed by atoms with Crippen LogP contribution in [0.3, 0.4) is 0 Å². The molecule has 0 aliphatic carbocycles. The highest BCUT2D eigenvalue weighted by Gasteiger charge is 2.42. The Morgan fingerprint density at radius 1 is 1.35 bits per heavy atom. The van der Waals surface area contributed by atoms with Gasteiger partial charge in [-0.25, -0.2) is 0 Å². The van der Waals surface area contributed by atoms with Crippen LogP contribution in [0.15, 0.2) is 0 Å². The molecule has 0 saturated carbocycles. The minimum absolute atomic E-state index is 0.0509. The number of halogens is 1. The number of nitrogens with one attached hydrogen (secondary N) is 1. The Bertz CT molecular complexity index is 563. The van der Waals surface area contributed by atoms with Crippen LogP contribution in [-0.4, -0.2) is 45.5 Å². The van der Waals surface area contributed by atoms with E-state index in [2.05, 4.69) is 20.3 Å². The molecule has 9 heteroatoms.